The monoisotopic (exact) mass is 292 g/mol. The van der Waals surface area contributed by atoms with Crippen LogP contribution >= 0.6 is 0 Å². The Kier molecular flexibility index (Phi) is 13.6. The van der Waals surface area contributed by atoms with Gasteiger partial charge >= 0.3 is 0 Å². The van der Waals surface area contributed by atoms with Gasteiger partial charge in [0.05, 0.1) is 6.10 Å². The van der Waals surface area contributed by atoms with E-state index in [4.69, 9.17) is 0 Å². The second kappa shape index (κ2) is 14.1. The van der Waals surface area contributed by atoms with Crippen LogP contribution in [0.5, 0.6) is 0 Å². The average Bonchev–Trinajstić information content (AvgIpc) is 2.41. The number of rotatable bonds is 13. The molecular formula is C20H36O. The fraction of sp³-hybridized carbons (Fsp3) is 0.700. The van der Waals surface area contributed by atoms with E-state index in [2.05, 4.69) is 33.4 Å². The van der Waals surface area contributed by atoms with Gasteiger partial charge in [0, 0.05) is 0 Å². The fourth-order valence-electron chi connectivity index (χ4n) is 2.43. The second-order valence-electron chi connectivity index (χ2n) is 6.39. The Morgan fingerprint density at radius 3 is 2.19 bits per heavy atom. The summed E-state index contributed by atoms with van der Waals surface area (Å²) in [6, 6.07) is 0. The molecule has 1 atom stereocenters. The molecule has 21 heavy (non-hydrogen) atoms. The van der Waals surface area contributed by atoms with Gasteiger partial charge in [-0.05, 0) is 52.9 Å². The highest BCUT2D eigenvalue weighted by molar-refractivity contribution is 5.04. The molecule has 0 aromatic heterocycles. The predicted molar refractivity (Wildman–Crippen MR) is 95.6 cm³/mol. The van der Waals surface area contributed by atoms with E-state index in [0.717, 1.165) is 32.1 Å². The van der Waals surface area contributed by atoms with Gasteiger partial charge in [-0.2, -0.15) is 0 Å². The first-order valence-corrected chi connectivity index (χ1v) is 8.66. The topological polar surface area (TPSA) is 20.2 Å². The third-order valence-electron chi connectivity index (χ3n) is 3.73. The van der Waals surface area contributed by atoms with Crippen molar-refractivity contribution in [3.05, 3.63) is 36.0 Å². The Bertz CT molecular complexity index is 308. The first kappa shape index (κ1) is 20.2. The van der Waals surface area contributed by atoms with Crippen LogP contribution in [0.15, 0.2) is 36.0 Å². The van der Waals surface area contributed by atoms with Gasteiger partial charge in [0.2, 0.25) is 0 Å². The van der Waals surface area contributed by atoms with E-state index in [9.17, 15) is 5.11 Å². The van der Waals surface area contributed by atoms with Crippen LogP contribution in [0.4, 0.5) is 0 Å². The van der Waals surface area contributed by atoms with E-state index < -0.39 is 0 Å². The van der Waals surface area contributed by atoms with Gasteiger partial charge in [-0.3, -0.25) is 0 Å². The van der Waals surface area contributed by atoms with Crippen molar-refractivity contribution >= 4 is 0 Å². The quantitative estimate of drug-likeness (QED) is 0.310. The molecule has 122 valence electrons. The highest BCUT2D eigenvalue weighted by atomic mass is 16.3. The second-order valence-corrected chi connectivity index (χ2v) is 6.39. The number of allylic oxidation sites excluding steroid dienone is 4. The number of aliphatic hydroxyl groups excluding tert-OH is 1. The van der Waals surface area contributed by atoms with Gasteiger partial charge in [-0.1, -0.05) is 61.5 Å². The first-order chi connectivity index (χ1) is 10.1. The molecule has 0 rings (SSSR count). The molecule has 1 unspecified atom stereocenters. The summed E-state index contributed by atoms with van der Waals surface area (Å²) >= 11 is 0. The van der Waals surface area contributed by atoms with E-state index in [1.165, 1.54) is 43.3 Å². The molecule has 1 heteroatoms. The van der Waals surface area contributed by atoms with Crippen LogP contribution in [0.2, 0.25) is 0 Å². The first-order valence-electron chi connectivity index (χ1n) is 8.66. The predicted octanol–water partition coefficient (Wildman–Crippen LogP) is 6.35. The van der Waals surface area contributed by atoms with Crippen molar-refractivity contribution < 1.29 is 5.11 Å². The Balaban J connectivity index is 3.57. The molecular weight excluding hydrogens is 256 g/mol. The molecule has 1 nitrogen and oxygen atoms in total. The Hall–Kier alpha value is -0.820. The largest absolute Gasteiger partial charge is 0.389 e. The van der Waals surface area contributed by atoms with Gasteiger partial charge in [0.25, 0.3) is 0 Å². The van der Waals surface area contributed by atoms with Crippen molar-refractivity contribution in [2.24, 2.45) is 0 Å². The summed E-state index contributed by atoms with van der Waals surface area (Å²) < 4.78 is 0. The van der Waals surface area contributed by atoms with Gasteiger partial charge in [0.15, 0.2) is 0 Å². The molecule has 0 aromatic rings. The van der Waals surface area contributed by atoms with Gasteiger partial charge < -0.3 is 5.11 Å². The summed E-state index contributed by atoms with van der Waals surface area (Å²) in [6.45, 7) is 10.1. The number of hydrogen-bond donors (Lipinski definition) is 1. The molecule has 0 amide bonds. The van der Waals surface area contributed by atoms with Crippen LogP contribution in [-0.4, -0.2) is 11.2 Å². The van der Waals surface area contributed by atoms with E-state index in [0.29, 0.717) is 0 Å². The van der Waals surface area contributed by atoms with E-state index in [-0.39, 0.29) is 6.10 Å². The van der Waals surface area contributed by atoms with Crippen molar-refractivity contribution in [3.63, 3.8) is 0 Å². The summed E-state index contributed by atoms with van der Waals surface area (Å²) in [6.07, 6.45) is 17.9. The van der Waals surface area contributed by atoms with E-state index in [1.807, 2.05) is 12.2 Å². The number of aliphatic hydroxyl groups is 1. The molecule has 0 heterocycles. The van der Waals surface area contributed by atoms with Gasteiger partial charge in [-0.25, -0.2) is 0 Å². The SMILES string of the molecule is C=CCCCCCCCCC(O)/C=C(\C)CCC=C(C)C. The molecule has 0 saturated carbocycles. The molecule has 0 saturated heterocycles. The van der Waals surface area contributed by atoms with Crippen molar-refractivity contribution in [2.45, 2.75) is 91.1 Å². The molecule has 0 bridgehead atoms. The molecule has 0 aliphatic rings. The lowest BCUT2D eigenvalue weighted by Crippen LogP contribution is -2.03. The Morgan fingerprint density at radius 1 is 0.952 bits per heavy atom. The summed E-state index contributed by atoms with van der Waals surface area (Å²) in [5.74, 6) is 0. The summed E-state index contributed by atoms with van der Waals surface area (Å²) in [5.41, 5.74) is 2.68. The van der Waals surface area contributed by atoms with E-state index >= 15 is 0 Å². The standard InChI is InChI=1S/C20H36O/c1-5-6-7-8-9-10-11-12-16-20(21)17-19(4)15-13-14-18(2)3/h5,14,17,20-21H,1,6-13,15-16H2,2-4H3/b19-17+. The number of hydrogen-bond acceptors (Lipinski definition) is 1. The maximum atomic E-state index is 10.00. The minimum absolute atomic E-state index is 0.252. The summed E-state index contributed by atoms with van der Waals surface area (Å²) in [4.78, 5) is 0. The van der Waals surface area contributed by atoms with Crippen LogP contribution < -0.4 is 0 Å². The van der Waals surface area contributed by atoms with Crippen LogP contribution in [0.1, 0.15) is 85.0 Å². The smallest absolute Gasteiger partial charge is 0.0723 e. The summed E-state index contributed by atoms with van der Waals surface area (Å²) in [5, 5.41) is 10.00. The fourth-order valence-corrected chi connectivity index (χ4v) is 2.43. The zero-order chi connectivity index (χ0) is 15.9. The van der Waals surface area contributed by atoms with Gasteiger partial charge in [0.1, 0.15) is 0 Å². The molecule has 0 aromatic carbocycles. The third kappa shape index (κ3) is 15.4. The Morgan fingerprint density at radius 2 is 1.57 bits per heavy atom. The zero-order valence-electron chi connectivity index (χ0n) is 14.5. The van der Waals surface area contributed by atoms with Crippen LogP contribution in [0.25, 0.3) is 0 Å². The van der Waals surface area contributed by atoms with Crippen LogP contribution in [0.3, 0.4) is 0 Å². The van der Waals surface area contributed by atoms with Gasteiger partial charge in [-0.15, -0.1) is 6.58 Å². The minimum atomic E-state index is -0.252. The lowest BCUT2D eigenvalue weighted by atomic mass is 10.0. The zero-order valence-corrected chi connectivity index (χ0v) is 14.5. The van der Waals surface area contributed by atoms with Crippen molar-refractivity contribution in [2.75, 3.05) is 0 Å². The summed E-state index contributed by atoms with van der Waals surface area (Å²) in [7, 11) is 0. The highest BCUT2D eigenvalue weighted by Gasteiger charge is 2.01. The molecule has 0 radical (unpaired) electrons. The molecule has 1 N–H and O–H groups in total. The lowest BCUT2D eigenvalue weighted by molar-refractivity contribution is 0.207. The maximum Gasteiger partial charge on any atom is 0.0723 e. The lowest BCUT2D eigenvalue weighted by Gasteiger charge is -2.08. The van der Waals surface area contributed by atoms with Crippen molar-refractivity contribution in [3.8, 4) is 0 Å². The molecule has 0 spiro atoms. The number of unbranched alkanes of at least 4 members (excludes halogenated alkanes) is 6. The molecule has 0 fully saturated rings. The van der Waals surface area contributed by atoms with Crippen molar-refractivity contribution in [1.82, 2.24) is 0 Å². The highest BCUT2D eigenvalue weighted by Crippen LogP contribution is 2.13. The molecule has 0 aliphatic carbocycles. The van der Waals surface area contributed by atoms with Crippen LogP contribution in [0, 0.1) is 0 Å². The molecule has 0 aliphatic heterocycles. The minimum Gasteiger partial charge on any atom is -0.389 e. The third-order valence-corrected chi connectivity index (χ3v) is 3.73. The maximum absolute atomic E-state index is 10.00. The average molecular weight is 293 g/mol. The van der Waals surface area contributed by atoms with Crippen LogP contribution in [-0.2, 0) is 0 Å². The van der Waals surface area contributed by atoms with E-state index in [1.54, 1.807) is 0 Å². The van der Waals surface area contributed by atoms with Crippen molar-refractivity contribution in [1.29, 1.82) is 0 Å². The normalized spacial score (nSPS) is 13.0. The Labute approximate surface area is 132 Å².